The molecule has 3 aromatic rings. The smallest absolute Gasteiger partial charge is 0.341 e. The fraction of sp³-hybridized carbons (Fsp3) is 0.238. The first-order valence-corrected chi connectivity index (χ1v) is 11.5. The van der Waals surface area contributed by atoms with Crippen LogP contribution in [0.4, 0.5) is 4.39 Å². The molecule has 2 aromatic carbocycles. The zero-order chi connectivity index (χ0) is 22.3. The van der Waals surface area contributed by atoms with Gasteiger partial charge in [0.2, 0.25) is 15.5 Å². The van der Waals surface area contributed by atoms with Crippen LogP contribution in [-0.2, 0) is 10.0 Å². The molecule has 10 heteroatoms. The summed E-state index contributed by atoms with van der Waals surface area (Å²) in [4.78, 5) is 24.0. The highest BCUT2D eigenvalue weighted by atomic mass is 35.5. The lowest BCUT2D eigenvalue weighted by molar-refractivity contribution is 0.0695. The molecule has 0 unspecified atom stereocenters. The van der Waals surface area contributed by atoms with Gasteiger partial charge in [-0.15, -0.1) is 11.6 Å². The molecule has 0 saturated heterocycles. The average Bonchev–Trinajstić information content (AvgIpc) is 3.58. The summed E-state index contributed by atoms with van der Waals surface area (Å²) in [6.45, 7) is 0.0853. The Labute approximate surface area is 182 Å². The van der Waals surface area contributed by atoms with E-state index in [0.29, 0.717) is 11.1 Å². The number of benzene rings is 2. The number of hydrogen-bond donors (Lipinski definition) is 2. The molecule has 7 nitrogen and oxygen atoms in total. The minimum absolute atomic E-state index is 0.00229. The largest absolute Gasteiger partial charge is 0.477 e. The van der Waals surface area contributed by atoms with Crippen molar-refractivity contribution >= 4 is 38.5 Å². The molecule has 0 atom stereocenters. The van der Waals surface area contributed by atoms with Crippen molar-refractivity contribution in [2.24, 2.45) is 0 Å². The maximum absolute atomic E-state index is 14.9. The number of rotatable bonds is 7. The Balaban J connectivity index is 1.83. The third kappa shape index (κ3) is 4.08. The highest BCUT2D eigenvalue weighted by Gasteiger charge is 2.27. The minimum Gasteiger partial charge on any atom is -0.477 e. The summed E-state index contributed by atoms with van der Waals surface area (Å²) in [7, 11) is -3.72. The quantitative estimate of drug-likeness (QED) is 0.521. The molecule has 1 aliphatic carbocycles. The molecule has 0 spiro atoms. The predicted molar refractivity (Wildman–Crippen MR) is 115 cm³/mol. The standard InChI is InChI=1S/C21H18ClFN2O5S/c22-7-8-24-31(29,30)14-5-1-12(2-6-14)15-10-19-16(9-18(15)23)20(26)17(21(27)28)11-25(19)13-3-4-13/h1-2,5-6,9-11,13,24H,3-4,7-8H2,(H,27,28). The van der Waals surface area contributed by atoms with Crippen LogP contribution in [0.5, 0.6) is 0 Å². The highest BCUT2D eigenvalue weighted by Crippen LogP contribution is 2.38. The number of halogens is 2. The Morgan fingerprint density at radius 2 is 1.90 bits per heavy atom. The van der Waals surface area contributed by atoms with Crippen LogP contribution in [0, 0.1) is 5.82 Å². The highest BCUT2D eigenvalue weighted by molar-refractivity contribution is 7.89. The number of carboxylic acid groups (broad SMARTS) is 1. The van der Waals surface area contributed by atoms with Crippen LogP contribution in [0.25, 0.3) is 22.0 Å². The first-order chi connectivity index (χ1) is 14.7. The first kappa shape index (κ1) is 21.5. The number of sulfonamides is 1. The monoisotopic (exact) mass is 464 g/mol. The van der Waals surface area contributed by atoms with E-state index in [1.807, 2.05) is 0 Å². The van der Waals surface area contributed by atoms with Crippen molar-refractivity contribution in [1.29, 1.82) is 0 Å². The van der Waals surface area contributed by atoms with E-state index in [1.54, 1.807) is 4.57 Å². The molecule has 1 fully saturated rings. The van der Waals surface area contributed by atoms with Crippen LogP contribution >= 0.6 is 11.6 Å². The molecule has 1 heterocycles. The molecule has 1 aliphatic rings. The third-order valence-corrected chi connectivity index (χ3v) is 6.82. The summed E-state index contributed by atoms with van der Waals surface area (Å²) in [5.41, 5.74) is -0.0913. The SMILES string of the molecule is O=C(O)c1cn(C2CC2)c2cc(-c3ccc(S(=O)(=O)NCCCl)cc3)c(F)cc2c1=O. The molecular weight excluding hydrogens is 447 g/mol. The van der Waals surface area contributed by atoms with Gasteiger partial charge in [-0.05, 0) is 42.7 Å². The van der Waals surface area contributed by atoms with Gasteiger partial charge < -0.3 is 9.67 Å². The summed E-state index contributed by atoms with van der Waals surface area (Å²) in [6, 6.07) is 8.28. The zero-order valence-corrected chi connectivity index (χ0v) is 17.7. The second-order valence-corrected chi connectivity index (χ2v) is 9.42. The molecule has 31 heavy (non-hydrogen) atoms. The summed E-state index contributed by atoms with van der Waals surface area (Å²) in [6.07, 6.45) is 2.99. The van der Waals surface area contributed by atoms with Gasteiger partial charge in [-0.2, -0.15) is 0 Å². The number of carboxylic acids is 1. The molecule has 2 N–H and O–H groups in total. The Morgan fingerprint density at radius 1 is 1.23 bits per heavy atom. The summed E-state index contributed by atoms with van der Waals surface area (Å²) in [5, 5.41) is 9.33. The van der Waals surface area contributed by atoms with Crippen molar-refractivity contribution in [2.75, 3.05) is 12.4 Å². The van der Waals surface area contributed by atoms with Gasteiger partial charge >= 0.3 is 5.97 Å². The van der Waals surface area contributed by atoms with Crippen LogP contribution in [-0.4, -0.2) is 36.5 Å². The molecule has 0 radical (unpaired) electrons. The van der Waals surface area contributed by atoms with Gasteiger partial charge in [0.1, 0.15) is 11.4 Å². The molecular formula is C21H18ClFN2O5S. The Hall–Kier alpha value is -2.75. The first-order valence-electron chi connectivity index (χ1n) is 9.50. The topological polar surface area (TPSA) is 105 Å². The van der Waals surface area contributed by atoms with Crippen molar-refractivity contribution in [3.05, 3.63) is 64.2 Å². The lowest BCUT2D eigenvalue weighted by Crippen LogP contribution is -2.25. The van der Waals surface area contributed by atoms with Gasteiger partial charge in [-0.3, -0.25) is 4.79 Å². The number of fused-ring (bicyclic) bond motifs is 1. The van der Waals surface area contributed by atoms with E-state index >= 15 is 0 Å². The molecule has 1 saturated carbocycles. The maximum Gasteiger partial charge on any atom is 0.341 e. The van der Waals surface area contributed by atoms with Crippen molar-refractivity contribution < 1.29 is 22.7 Å². The van der Waals surface area contributed by atoms with Crippen LogP contribution in [0.15, 0.2) is 52.3 Å². The van der Waals surface area contributed by atoms with Gasteiger partial charge in [0.15, 0.2) is 0 Å². The Kier molecular flexibility index (Phi) is 5.59. The summed E-state index contributed by atoms with van der Waals surface area (Å²) < 4.78 is 43.4. The number of nitrogens with one attached hydrogen (secondary N) is 1. The average molecular weight is 465 g/mol. The van der Waals surface area contributed by atoms with Crippen molar-refractivity contribution in [2.45, 2.75) is 23.8 Å². The number of nitrogens with zero attached hydrogens (tertiary/aromatic N) is 1. The third-order valence-electron chi connectivity index (χ3n) is 5.15. The molecule has 0 amide bonds. The number of carbonyl (C=O) groups is 1. The van der Waals surface area contributed by atoms with E-state index in [-0.39, 0.29) is 34.3 Å². The van der Waals surface area contributed by atoms with Gasteiger partial charge in [-0.1, -0.05) is 12.1 Å². The number of alkyl halides is 1. The van der Waals surface area contributed by atoms with Crippen LogP contribution in [0.1, 0.15) is 29.2 Å². The van der Waals surface area contributed by atoms with Crippen LogP contribution < -0.4 is 10.2 Å². The normalized spacial score (nSPS) is 14.1. The van der Waals surface area contributed by atoms with E-state index in [4.69, 9.17) is 11.6 Å². The van der Waals surface area contributed by atoms with E-state index in [1.165, 1.54) is 36.5 Å². The lowest BCUT2D eigenvalue weighted by atomic mass is 10.0. The van der Waals surface area contributed by atoms with E-state index in [0.717, 1.165) is 18.9 Å². The molecule has 4 rings (SSSR count). The number of aromatic carboxylic acids is 1. The second-order valence-electron chi connectivity index (χ2n) is 7.28. The minimum atomic E-state index is -3.72. The molecule has 0 bridgehead atoms. The van der Waals surface area contributed by atoms with Crippen molar-refractivity contribution in [3.8, 4) is 11.1 Å². The Morgan fingerprint density at radius 3 is 2.48 bits per heavy atom. The fourth-order valence-electron chi connectivity index (χ4n) is 3.47. The lowest BCUT2D eigenvalue weighted by Gasteiger charge is -2.14. The number of aromatic nitrogens is 1. The van der Waals surface area contributed by atoms with E-state index < -0.39 is 32.8 Å². The van der Waals surface area contributed by atoms with E-state index in [2.05, 4.69) is 4.72 Å². The van der Waals surface area contributed by atoms with Crippen LogP contribution in [0.3, 0.4) is 0 Å². The van der Waals surface area contributed by atoms with E-state index in [9.17, 15) is 27.5 Å². The summed E-state index contributed by atoms with van der Waals surface area (Å²) in [5.74, 6) is -1.93. The zero-order valence-electron chi connectivity index (χ0n) is 16.1. The van der Waals surface area contributed by atoms with Gasteiger partial charge in [0.05, 0.1) is 10.4 Å². The Bertz CT molecular complexity index is 1350. The van der Waals surface area contributed by atoms with Crippen molar-refractivity contribution in [1.82, 2.24) is 9.29 Å². The molecule has 1 aromatic heterocycles. The van der Waals surface area contributed by atoms with Gasteiger partial charge in [0.25, 0.3) is 0 Å². The summed E-state index contributed by atoms with van der Waals surface area (Å²) >= 11 is 5.52. The van der Waals surface area contributed by atoms with Crippen LogP contribution in [0.2, 0.25) is 0 Å². The number of pyridine rings is 1. The van der Waals surface area contributed by atoms with Gasteiger partial charge in [-0.25, -0.2) is 22.3 Å². The fourth-order valence-corrected chi connectivity index (χ4v) is 4.71. The molecule has 0 aliphatic heterocycles. The second kappa shape index (κ2) is 8.07. The van der Waals surface area contributed by atoms with Crippen molar-refractivity contribution in [3.63, 3.8) is 0 Å². The molecule has 162 valence electrons. The maximum atomic E-state index is 14.9. The predicted octanol–water partition coefficient (Wildman–Crippen LogP) is 3.36. The number of hydrogen-bond acceptors (Lipinski definition) is 4. The van der Waals surface area contributed by atoms with Gasteiger partial charge in [0, 0.05) is 35.6 Å².